The van der Waals surface area contributed by atoms with Crippen LogP contribution in [-0.4, -0.2) is 55.3 Å². The lowest BCUT2D eigenvalue weighted by molar-refractivity contribution is 0.316. The van der Waals surface area contributed by atoms with Gasteiger partial charge in [0.2, 0.25) is 0 Å². The Hall–Kier alpha value is -2.08. The second-order valence-electron chi connectivity index (χ2n) is 4.90. The van der Waals surface area contributed by atoms with Crippen LogP contribution in [0.2, 0.25) is 0 Å². The Bertz CT molecular complexity index is 614. The van der Waals surface area contributed by atoms with Crippen LogP contribution in [0.15, 0.2) is 18.5 Å². The van der Waals surface area contributed by atoms with Gasteiger partial charge in [0.05, 0.1) is 19.7 Å². The number of rotatable bonds is 8. The number of fused-ring (bicyclic) bond motifs is 1. The molecule has 0 aliphatic carbocycles. The molecule has 6 heteroatoms. The van der Waals surface area contributed by atoms with E-state index in [1.807, 2.05) is 12.1 Å². The van der Waals surface area contributed by atoms with Crippen LogP contribution in [0.4, 0.5) is 5.82 Å². The fraction of sp³-hybridized carbons (Fsp3) is 0.500. The minimum Gasteiger partial charge on any atom is -0.493 e. The van der Waals surface area contributed by atoms with E-state index in [2.05, 4.69) is 34.0 Å². The van der Waals surface area contributed by atoms with Crippen molar-refractivity contribution in [3.8, 4) is 11.5 Å². The smallest absolute Gasteiger partial charge is 0.162 e. The number of methoxy groups -OCH3 is 2. The van der Waals surface area contributed by atoms with Crippen molar-refractivity contribution in [2.75, 3.05) is 45.7 Å². The molecule has 0 saturated carbocycles. The van der Waals surface area contributed by atoms with E-state index in [0.29, 0.717) is 11.5 Å². The Morgan fingerprint density at radius 3 is 2.36 bits per heavy atom. The minimum absolute atomic E-state index is 0.669. The van der Waals surface area contributed by atoms with Crippen LogP contribution in [0.25, 0.3) is 10.9 Å². The first kappa shape index (κ1) is 16.3. The fourth-order valence-corrected chi connectivity index (χ4v) is 2.40. The number of anilines is 1. The molecule has 1 aromatic heterocycles. The number of hydrogen-bond acceptors (Lipinski definition) is 6. The molecule has 0 aliphatic rings. The van der Waals surface area contributed by atoms with Gasteiger partial charge in [0.15, 0.2) is 11.5 Å². The SMILES string of the molecule is CCN(CC)CCNc1ncnc2cc(OC)c(OC)cc12. The number of ether oxygens (including phenoxy) is 2. The van der Waals surface area contributed by atoms with Gasteiger partial charge in [0.1, 0.15) is 12.1 Å². The number of likely N-dealkylation sites (N-methyl/N-ethyl adjacent to an activating group) is 1. The van der Waals surface area contributed by atoms with E-state index >= 15 is 0 Å². The number of nitrogens with one attached hydrogen (secondary N) is 1. The predicted molar refractivity (Wildman–Crippen MR) is 88.9 cm³/mol. The summed E-state index contributed by atoms with van der Waals surface area (Å²) in [5.41, 5.74) is 0.831. The maximum Gasteiger partial charge on any atom is 0.162 e. The highest BCUT2D eigenvalue weighted by molar-refractivity contribution is 5.91. The molecule has 0 amide bonds. The number of hydrogen-bond donors (Lipinski definition) is 1. The molecule has 2 aromatic rings. The van der Waals surface area contributed by atoms with Crippen LogP contribution in [0.3, 0.4) is 0 Å². The molecule has 22 heavy (non-hydrogen) atoms. The maximum atomic E-state index is 5.36. The van der Waals surface area contributed by atoms with Crippen molar-refractivity contribution in [2.45, 2.75) is 13.8 Å². The largest absolute Gasteiger partial charge is 0.493 e. The summed E-state index contributed by atoms with van der Waals surface area (Å²) >= 11 is 0. The van der Waals surface area contributed by atoms with Crippen LogP contribution in [-0.2, 0) is 0 Å². The summed E-state index contributed by atoms with van der Waals surface area (Å²) in [6.07, 6.45) is 1.56. The summed E-state index contributed by atoms with van der Waals surface area (Å²) in [6, 6.07) is 3.78. The van der Waals surface area contributed by atoms with E-state index in [1.54, 1.807) is 20.5 Å². The van der Waals surface area contributed by atoms with E-state index in [0.717, 1.165) is 42.9 Å². The molecule has 0 unspecified atom stereocenters. The average Bonchev–Trinajstić information content (AvgIpc) is 2.57. The molecule has 2 rings (SSSR count). The first-order valence-corrected chi connectivity index (χ1v) is 7.56. The maximum absolute atomic E-state index is 5.36. The molecular weight excluding hydrogens is 280 g/mol. The van der Waals surface area contributed by atoms with Crippen LogP contribution >= 0.6 is 0 Å². The van der Waals surface area contributed by atoms with Crippen molar-refractivity contribution >= 4 is 16.7 Å². The lowest BCUT2D eigenvalue weighted by Crippen LogP contribution is -2.28. The van der Waals surface area contributed by atoms with Gasteiger partial charge in [0, 0.05) is 24.5 Å². The van der Waals surface area contributed by atoms with Gasteiger partial charge in [-0.3, -0.25) is 0 Å². The summed E-state index contributed by atoms with van der Waals surface area (Å²) in [7, 11) is 3.25. The lowest BCUT2D eigenvalue weighted by atomic mass is 10.2. The van der Waals surface area contributed by atoms with E-state index in [9.17, 15) is 0 Å². The second kappa shape index (κ2) is 7.79. The van der Waals surface area contributed by atoms with Crippen molar-refractivity contribution < 1.29 is 9.47 Å². The molecule has 0 saturated heterocycles. The number of benzene rings is 1. The van der Waals surface area contributed by atoms with E-state index in [-0.39, 0.29) is 0 Å². The number of aromatic nitrogens is 2. The molecule has 0 radical (unpaired) electrons. The van der Waals surface area contributed by atoms with Crippen LogP contribution < -0.4 is 14.8 Å². The van der Waals surface area contributed by atoms with Gasteiger partial charge >= 0.3 is 0 Å². The third kappa shape index (κ3) is 3.57. The lowest BCUT2D eigenvalue weighted by Gasteiger charge is -2.18. The summed E-state index contributed by atoms with van der Waals surface area (Å²) in [5.74, 6) is 2.16. The molecule has 0 bridgehead atoms. The predicted octanol–water partition coefficient (Wildman–Crippen LogP) is 2.40. The van der Waals surface area contributed by atoms with E-state index in [1.165, 1.54) is 0 Å². The van der Waals surface area contributed by atoms with Gasteiger partial charge in [-0.15, -0.1) is 0 Å². The van der Waals surface area contributed by atoms with Gasteiger partial charge in [0.25, 0.3) is 0 Å². The van der Waals surface area contributed by atoms with Gasteiger partial charge in [-0.1, -0.05) is 13.8 Å². The third-order valence-corrected chi connectivity index (χ3v) is 3.76. The van der Waals surface area contributed by atoms with E-state index in [4.69, 9.17) is 9.47 Å². The molecule has 0 spiro atoms. The molecule has 6 nitrogen and oxygen atoms in total. The van der Waals surface area contributed by atoms with Crippen molar-refractivity contribution in [1.29, 1.82) is 0 Å². The molecule has 120 valence electrons. The van der Waals surface area contributed by atoms with E-state index < -0.39 is 0 Å². The molecule has 0 fully saturated rings. The quantitative estimate of drug-likeness (QED) is 0.808. The standard InChI is InChI=1S/C16H24N4O2/c1-5-20(6-2)8-7-17-16-12-9-14(21-3)15(22-4)10-13(12)18-11-19-16/h9-11H,5-8H2,1-4H3,(H,17,18,19). The minimum atomic E-state index is 0.669. The van der Waals surface area contributed by atoms with Crippen molar-refractivity contribution in [3.63, 3.8) is 0 Å². The van der Waals surface area contributed by atoms with Crippen molar-refractivity contribution in [3.05, 3.63) is 18.5 Å². The first-order valence-electron chi connectivity index (χ1n) is 7.56. The molecule has 0 aliphatic heterocycles. The Balaban J connectivity index is 2.22. The Labute approximate surface area is 131 Å². The topological polar surface area (TPSA) is 59.5 Å². The molecule has 0 atom stereocenters. The van der Waals surface area contributed by atoms with Gasteiger partial charge in [-0.2, -0.15) is 0 Å². The van der Waals surface area contributed by atoms with Crippen molar-refractivity contribution in [1.82, 2.24) is 14.9 Å². The highest BCUT2D eigenvalue weighted by Gasteiger charge is 2.10. The summed E-state index contributed by atoms with van der Waals surface area (Å²) in [6.45, 7) is 8.25. The Morgan fingerprint density at radius 2 is 1.73 bits per heavy atom. The van der Waals surface area contributed by atoms with Crippen molar-refractivity contribution in [2.24, 2.45) is 0 Å². The zero-order valence-corrected chi connectivity index (χ0v) is 13.7. The van der Waals surface area contributed by atoms with Crippen LogP contribution in [0.1, 0.15) is 13.8 Å². The number of nitrogens with zero attached hydrogens (tertiary/aromatic N) is 3. The average molecular weight is 304 g/mol. The van der Waals surface area contributed by atoms with Crippen LogP contribution in [0, 0.1) is 0 Å². The van der Waals surface area contributed by atoms with Gasteiger partial charge in [-0.05, 0) is 19.2 Å². The third-order valence-electron chi connectivity index (χ3n) is 3.76. The monoisotopic (exact) mass is 304 g/mol. The van der Waals surface area contributed by atoms with Gasteiger partial charge < -0.3 is 19.7 Å². The molecular formula is C16H24N4O2. The molecule has 1 N–H and O–H groups in total. The highest BCUT2D eigenvalue weighted by Crippen LogP contribution is 2.33. The highest BCUT2D eigenvalue weighted by atomic mass is 16.5. The summed E-state index contributed by atoms with van der Waals surface area (Å²) in [4.78, 5) is 11.0. The summed E-state index contributed by atoms with van der Waals surface area (Å²) in [5, 5.41) is 4.32. The Morgan fingerprint density at radius 1 is 1.05 bits per heavy atom. The fourth-order valence-electron chi connectivity index (χ4n) is 2.40. The second-order valence-corrected chi connectivity index (χ2v) is 4.90. The zero-order valence-electron chi connectivity index (χ0n) is 13.7. The van der Waals surface area contributed by atoms with Crippen LogP contribution in [0.5, 0.6) is 11.5 Å². The molecule has 1 aromatic carbocycles. The summed E-state index contributed by atoms with van der Waals surface area (Å²) < 4.78 is 10.7. The zero-order chi connectivity index (χ0) is 15.9. The molecule has 1 heterocycles. The Kier molecular flexibility index (Phi) is 5.77. The first-order chi connectivity index (χ1) is 10.7. The van der Waals surface area contributed by atoms with Gasteiger partial charge in [-0.25, -0.2) is 9.97 Å². The normalized spacial score (nSPS) is 11.0.